The molecule has 0 radical (unpaired) electrons. The summed E-state index contributed by atoms with van der Waals surface area (Å²) in [6, 6.07) is 6.75. The number of fused-ring (bicyclic) bond motifs is 1. The number of nitrogens with zero attached hydrogens (tertiary/aromatic N) is 1. The van der Waals surface area contributed by atoms with E-state index >= 15 is 0 Å². The molecule has 2 unspecified atom stereocenters. The molecule has 1 saturated heterocycles. The zero-order valence-electron chi connectivity index (χ0n) is 12.4. The Morgan fingerprint density at radius 3 is 2.70 bits per heavy atom. The highest BCUT2D eigenvalue weighted by molar-refractivity contribution is 9.10. The zero-order chi connectivity index (χ0) is 13.9. The first-order valence-corrected chi connectivity index (χ1v) is 8.81. The first-order chi connectivity index (χ1) is 9.78. The van der Waals surface area contributed by atoms with Crippen molar-refractivity contribution in [2.75, 3.05) is 24.5 Å². The van der Waals surface area contributed by atoms with Crippen LogP contribution in [0.3, 0.4) is 0 Å². The molecule has 0 amide bonds. The molecular formula is C17H25BrN2. The highest BCUT2D eigenvalue weighted by atomic mass is 79.9. The van der Waals surface area contributed by atoms with Crippen LogP contribution in [0.4, 0.5) is 5.69 Å². The first-order valence-electron chi connectivity index (χ1n) is 8.02. The van der Waals surface area contributed by atoms with Crippen molar-refractivity contribution in [1.82, 2.24) is 5.32 Å². The second-order valence-corrected chi connectivity index (χ2v) is 7.22. The Kier molecular flexibility index (Phi) is 4.67. The van der Waals surface area contributed by atoms with Gasteiger partial charge in [0.25, 0.3) is 0 Å². The first kappa shape index (κ1) is 14.4. The van der Waals surface area contributed by atoms with E-state index < -0.39 is 0 Å². The molecule has 20 heavy (non-hydrogen) atoms. The summed E-state index contributed by atoms with van der Waals surface area (Å²) in [7, 11) is 0. The van der Waals surface area contributed by atoms with Crippen LogP contribution < -0.4 is 10.2 Å². The fourth-order valence-electron chi connectivity index (χ4n) is 3.81. The van der Waals surface area contributed by atoms with Crippen molar-refractivity contribution in [2.24, 2.45) is 11.8 Å². The summed E-state index contributed by atoms with van der Waals surface area (Å²) in [6.07, 6.45) is 5.53. The lowest BCUT2D eigenvalue weighted by Crippen LogP contribution is -2.24. The van der Waals surface area contributed by atoms with Gasteiger partial charge in [0, 0.05) is 29.8 Å². The Bertz CT molecular complexity index is 448. The molecule has 0 spiro atoms. The van der Waals surface area contributed by atoms with E-state index in [9.17, 15) is 0 Å². The van der Waals surface area contributed by atoms with Crippen molar-refractivity contribution in [3.05, 3.63) is 28.2 Å². The lowest BCUT2D eigenvalue weighted by Gasteiger charge is -2.23. The molecule has 3 heteroatoms. The number of nitrogens with one attached hydrogen (secondary N) is 1. The van der Waals surface area contributed by atoms with Gasteiger partial charge < -0.3 is 10.2 Å². The molecule has 1 aliphatic heterocycles. The van der Waals surface area contributed by atoms with Crippen LogP contribution in [0.25, 0.3) is 0 Å². The standard InChI is InChI=1S/C17H25BrN2/c1-2-8-19-10-13-6-7-16(18)9-17(13)20-11-14-4-3-5-15(14)12-20/h6-7,9,14-15,19H,2-5,8,10-12H2,1H3. The van der Waals surface area contributed by atoms with Crippen molar-refractivity contribution in [1.29, 1.82) is 0 Å². The third-order valence-corrected chi connectivity index (χ3v) is 5.35. The monoisotopic (exact) mass is 336 g/mol. The second kappa shape index (κ2) is 6.48. The summed E-state index contributed by atoms with van der Waals surface area (Å²) in [6.45, 7) is 6.84. The molecule has 0 bridgehead atoms. The van der Waals surface area contributed by atoms with Crippen molar-refractivity contribution in [3.63, 3.8) is 0 Å². The average Bonchev–Trinajstić information content (AvgIpc) is 3.01. The van der Waals surface area contributed by atoms with Crippen LogP contribution in [0.15, 0.2) is 22.7 Å². The minimum Gasteiger partial charge on any atom is -0.371 e. The number of anilines is 1. The Balaban J connectivity index is 1.75. The molecule has 2 nitrogen and oxygen atoms in total. The van der Waals surface area contributed by atoms with Crippen LogP contribution in [-0.2, 0) is 6.54 Å². The summed E-state index contributed by atoms with van der Waals surface area (Å²) in [4.78, 5) is 2.63. The lowest BCUT2D eigenvalue weighted by molar-refractivity contribution is 0.494. The molecule has 2 aliphatic rings. The van der Waals surface area contributed by atoms with Gasteiger partial charge in [-0.3, -0.25) is 0 Å². The Labute approximate surface area is 131 Å². The van der Waals surface area contributed by atoms with Crippen LogP contribution in [0.1, 0.15) is 38.2 Å². The number of rotatable bonds is 5. The van der Waals surface area contributed by atoms with E-state index in [1.807, 2.05) is 0 Å². The van der Waals surface area contributed by atoms with Crippen LogP contribution in [-0.4, -0.2) is 19.6 Å². The van der Waals surface area contributed by atoms with E-state index in [1.54, 1.807) is 0 Å². The van der Waals surface area contributed by atoms with Crippen LogP contribution >= 0.6 is 15.9 Å². The SMILES string of the molecule is CCCNCc1ccc(Br)cc1N1CC2CCCC2C1. The molecule has 1 N–H and O–H groups in total. The van der Waals surface area contributed by atoms with E-state index in [0.29, 0.717) is 0 Å². The molecule has 0 aromatic heterocycles. The normalized spacial score (nSPS) is 25.2. The topological polar surface area (TPSA) is 15.3 Å². The third-order valence-electron chi connectivity index (χ3n) is 4.86. The van der Waals surface area contributed by atoms with Gasteiger partial charge in [0.15, 0.2) is 0 Å². The third kappa shape index (κ3) is 3.04. The lowest BCUT2D eigenvalue weighted by atomic mass is 10.0. The van der Waals surface area contributed by atoms with Crippen molar-refractivity contribution in [2.45, 2.75) is 39.2 Å². The van der Waals surface area contributed by atoms with Crippen molar-refractivity contribution in [3.8, 4) is 0 Å². The van der Waals surface area contributed by atoms with Gasteiger partial charge in [0.1, 0.15) is 0 Å². The Morgan fingerprint density at radius 2 is 2.00 bits per heavy atom. The van der Waals surface area contributed by atoms with Crippen molar-refractivity contribution < 1.29 is 0 Å². The number of halogens is 1. The summed E-state index contributed by atoms with van der Waals surface area (Å²) in [5, 5.41) is 3.54. The summed E-state index contributed by atoms with van der Waals surface area (Å²) in [5.74, 6) is 1.90. The van der Waals surface area contributed by atoms with Crippen LogP contribution in [0, 0.1) is 11.8 Å². The smallest absolute Gasteiger partial charge is 0.0423 e. The van der Waals surface area contributed by atoms with E-state index in [4.69, 9.17) is 0 Å². The Morgan fingerprint density at radius 1 is 1.25 bits per heavy atom. The van der Waals surface area contributed by atoms with Gasteiger partial charge in [-0.1, -0.05) is 35.3 Å². The molecule has 1 aromatic rings. The number of benzene rings is 1. The van der Waals surface area contributed by atoms with Gasteiger partial charge in [0.05, 0.1) is 0 Å². The second-order valence-electron chi connectivity index (χ2n) is 6.31. The van der Waals surface area contributed by atoms with Gasteiger partial charge in [-0.05, 0) is 55.3 Å². The molecular weight excluding hydrogens is 312 g/mol. The Hall–Kier alpha value is -0.540. The molecule has 2 fully saturated rings. The predicted molar refractivity (Wildman–Crippen MR) is 89.2 cm³/mol. The molecule has 1 saturated carbocycles. The molecule has 1 aliphatic carbocycles. The maximum absolute atomic E-state index is 3.64. The van der Waals surface area contributed by atoms with Crippen molar-refractivity contribution >= 4 is 21.6 Å². The maximum atomic E-state index is 3.64. The molecule has 1 aromatic carbocycles. The minimum atomic E-state index is 0.949. The average molecular weight is 337 g/mol. The zero-order valence-corrected chi connectivity index (χ0v) is 14.0. The molecule has 2 atom stereocenters. The van der Waals surface area contributed by atoms with Gasteiger partial charge in [-0.2, -0.15) is 0 Å². The van der Waals surface area contributed by atoms with Gasteiger partial charge in [-0.25, -0.2) is 0 Å². The van der Waals surface area contributed by atoms with Crippen LogP contribution in [0.5, 0.6) is 0 Å². The summed E-state index contributed by atoms with van der Waals surface area (Å²) < 4.78 is 1.20. The molecule has 1 heterocycles. The summed E-state index contributed by atoms with van der Waals surface area (Å²) in [5.41, 5.74) is 2.89. The highest BCUT2D eigenvalue weighted by Gasteiger charge is 2.36. The van der Waals surface area contributed by atoms with Gasteiger partial charge >= 0.3 is 0 Å². The van der Waals surface area contributed by atoms with Gasteiger partial charge in [0.2, 0.25) is 0 Å². The predicted octanol–water partition coefficient (Wildman–Crippen LogP) is 4.19. The van der Waals surface area contributed by atoms with Gasteiger partial charge in [-0.15, -0.1) is 0 Å². The van der Waals surface area contributed by atoms with E-state index in [2.05, 4.69) is 51.3 Å². The van der Waals surface area contributed by atoms with Crippen LogP contribution in [0.2, 0.25) is 0 Å². The largest absolute Gasteiger partial charge is 0.371 e. The molecule has 3 rings (SSSR count). The number of hydrogen-bond acceptors (Lipinski definition) is 2. The minimum absolute atomic E-state index is 0.949. The quantitative estimate of drug-likeness (QED) is 0.811. The van der Waals surface area contributed by atoms with E-state index in [-0.39, 0.29) is 0 Å². The number of hydrogen-bond donors (Lipinski definition) is 1. The summed E-state index contributed by atoms with van der Waals surface area (Å²) >= 11 is 3.64. The van der Waals surface area contributed by atoms with E-state index in [1.165, 1.54) is 54.5 Å². The molecule has 110 valence electrons. The maximum Gasteiger partial charge on any atom is 0.0423 e. The van der Waals surface area contributed by atoms with E-state index in [0.717, 1.165) is 24.9 Å². The fourth-order valence-corrected chi connectivity index (χ4v) is 4.16. The highest BCUT2D eigenvalue weighted by Crippen LogP contribution is 2.40. The fraction of sp³-hybridized carbons (Fsp3) is 0.647.